The summed E-state index contributed by atoms with van der Waals surface area (Å²) in [4.78, 5) is 14.3. The number of hydrogen-bond acceptors (Lipinski definition) is 4. The monoisotopic (exact) mass is 242 g/mol. The van der Waals surface area contributed by atoms with Gasteiger partial charge in [-0.3, -0.25) is 4.79 Å². The minimum absolute atomic E-state index is 0.227. The molecule has 6 heteroatoms. The van der Waals surface area contributed by atoms with E-state index in [1.807, 2.05) is 6.92 Å². The van der Waals surface area contributed by atoms with Crippen molar-refractivity contribution in [3.63, 3.8) is 0 Å². The number of carbonyl (C=O) groups is 1. The molecule has 2 atom stereocenters. The zero-order valence-electron chi connectivity index (χ0n) is 10.8. The quantitative estimate of drug-likeness (QED) is 0.221. The van der Waals surface area contributed by atoms with Crippen molar-refractivity contribution in [1.82, 2.24) is 5.32 Å². The van der Waals surface area contributed by atoms with Crippen LogP contribution in [0.3, 0.4) is 0 Å². The van der Waals surface area contributed by atoms with Crippen LogP contribution in [0.25, 0.3) is 10.4 Å². The van der Waals surface area contributed by atoms with Gasteiger partial charge in [0.05, 0.1) is 7.11 Å². The van der Waals surface area contributed by atoms with Gasteiger partial charge in [0.2, 0.25) is 0 Å². The van der Waals surface area contributed by atoms with Crippen molar-refractivity contribution in [1.29, 1.82) is 0 Å². The van der Waals surface area contributed by atoms with E-state index in [1.54, 1.807) is 0 Å². The molecule has 0 fully saturated rings. The van der Waals surface area contributed by atoms with Gasteiger partial charge in [-0.2, -0.15) is 0 Å². The summed E-state index contributed by atoms with van der Waals surface area (Å²) in [6.45, 7) is 5.21. The number of hydrogen-bond donors (Lipinski definition) is 1. The van der Waals surface area contributed by atoms with E-state index in [0.717, 1.165) is 19.3 Å². The lowest BCUT2D eigenvalue weighted by Crippen LogP contribution is -2.43. The summed E-state index contributed by atoms with van der Waals surface area (Å²) >= 11 is 0. The van der Waals surface area contributed by atoms with Crippen LogP contribution in [0.5, 0.6) is 0 Å². The minimum Gasteiger partial charge on any atom is -0.468 e. The van der Waals surface area contributed by atoms with Crippen LogP contribution in [0.2, 0.25) is 0 Å². The highest BCUT2D eigenvalue weighted by atomic mass is 16.5. The first kappa shape index (κ1) is 15.7. The van der Waals surface area contributed by atoms with Crippen LogP contribution in [-0.2, 0) is 9.53 Å². The van der Waals surface area contributed by atoms with Gasteiger partial charge in [0.1, 0.15) is 6.04 Å². The average Bonchev–Trinajstić information content (AvgIpc) is 2.33. The molecule has 0 aliphatic carbocycles. The van der Waals surface area contributed by atoms with E-state index >= 15 is 0 Å². The molecule has 0 spiro atoms. The van der Waals surface area contributed by atoms with E-state index in [1.165, 1.54) is 7.11 Å². The lowest BCUT2D eigenvalue weighted by Gasteiger charge is -2.22. The molecule has 6 nitrogen and oxygen atoms in total. The maximum atomic E-state index is 11.6. The zero-order valence-corrected chi connectivity index (χ0v) is 10.8. The highest BCUT2D eigenvalue weighted by Crippen LogP contribution is 2.11. The summed E-state index contributed by atoms with van der Waals surface area (Å²) in [5, 5.41) is 6.60. The standard InChI is InChI=1S/C11H22N4O2/c1-4-6-9(2)10(11(16)17-3)13-7-5-8-14-15-12/h9-10,13H,4-8H2,1-3H3. The first-order chi connectivity index (χ1) is 8.17. The predicted octanol–water partition coefficient (Wildman–Crippen LogP) is 2.25. The minimum atomic E-state index is -0.272. The van der Waals surface area contributed by atoms with Crippen molar-refractivity contribution >= 4 is 5.97 Å². The normalized spacial score (nSPS) is 13.6. The molecule has 0 amide bonds. The summed E-state index contributed by atoms with van der Waals surface area (Å²) in [5.74, 6) is 0.0154. The third kappa shape index (κ3) is 6.81. The second kappa shape index (κ2) is 9.93. The molecule has 0 aromatic rings. The fraction of sp³-hybridized carbons (Fsp3) is 0.909. The molecule has 0 aliphatic heterocycles. The Morgan fingerprint density at radius 3 is 2.82 bits per heavy atom. The van der Waals surface area contributed by atoms with Crippen LogP contribution in [0, 0.1) is 5.92 Å². The average molecular weight is 242 g/mol. The van der Waals surface area contributed by atoms with Gasteiger partial charge in [-0.1, -0.05) is 25.4 Å². The molecule has 0 saturated heterocycles. The van der Waals surface area contributed by atoms with E-state index in [-0.39, 0.29) is 17.9 Å². The van der Waals surface area contributed by atoms with E-state index in [9.17, 15) is 4.79 Å². The van der Waals surface area contributed by atoms with Crippen LogP contribution >= 0.6 is 0 Å². The molecule has 17 heavy (non-hydrogen) atoms. The number of azide groups is 1. The third-order valence-corrected chi connectivity index (χ3v) is 2.63. The van der Waals surface area contributed by atoms with Crippen LogP contribution in [0.1, 0.15) is 33.1 Å². The summed E-state index contributed by atoms with van der Waals surface area (Å²) < 4.78 is 4.77. The Balaban J connectivity index is 4.10. The number of esters is 1. The highest BCUT2D eigenvalue weighted by Gasteiger charge is 2.24. The Morgan fingerprint density at radius 1 is 1.59 bits per heavy atom. The lowest BCUT2D eigenvalue weighted by molar-refractivity contribution is -0.144. The molecule has 0 rings (SSSR count). The van der Waals surface area contributed by atoms with Crippen molar-refractivity contribution < 1.29 is 9.53 Å². The van der Waals surface area contributed by atoms with Crippen molar-refractivity contribution in [2.45, 2.75) is 39.2 Å². The number of ether oxygens (including phenoxy) is 1. The molecule has 0 aromatic carbocycles. The Bertz CT molecular complexity index is 264. The van der Waals surface area contributed by atoms with Gasteiger partial charge >= 0.3 is 5.97 Å². The smallest absolute Gasteiger partial charge is 0.323 e. The molecule has 98 valence electrons. The summed E-state index contributed by atoms with van der Waals surface area (Å²) in [6.07, 6.45) is 2.73. The van der Waals surface area contributed by atoms with Crippen LogP contribution in [0.15, 0.2) is 5.11 Å². The molecule has 0 bridgehead atoms. The topological polar surface area (TPSA) is 87.1 Å². The van der Waals surface area contributed by atoms with Gasteiger partial charge in [-0.15, -0.1) is 0 Å². The number of methoxy groups -OCH3 is 1. The molecular weight excluding hydrogens is 220 g/mol. The van der Waals surface area contributed by atoms with E-state index in [0.29, 0.717) is 13.1 Å². The SMILES string of the molecule is CCCC(C)C(NCCCN=[N+]=[N-])C(=O)OC. The number of nitrogens with zero attached hydrogens (tertiary/aromatic N) is 3. The van der Waals surface area contributed by atoms with Crippen LogP contribution in [-0.4, -0.2) is 32.2 Å². The fourth-order valence-corrected chi connectivity index (χ4v) is 1.72. The molecule has 0 heterocycles. The Hall–Kier alpha value is -1.26. The van der Waals surface area contributed by atoms with Gasteiger partial charge in [0, 0.05) is 11.5 Å². The molecule has 0 aromatic heterocycles. The van der Waals surface area contributed by atoms with E-state index in [2.05, 4.69) is 22.3 Å². The molecule has 0 aliphatic rings. The predicted molar refractivity (Wildman–Crippen MR) is 66.5 cm³/mol. The number of carbonyl (C=O) groups excluding carboxylic acids is 1. The highest BCUT2D eigenvalue weighted by molar-refractivity contribution is 5.75. The molecule has 1 N–H and O–H groups in total. The maximum absolute atomic E-state index is 11.6. The Morgan fingerprint density at radius 2 is 2.29 bits per heavy atom. The first-order valence-corrected chi connectivity index (χ1v) is 5.99. The molecule has 2 unspecified atom stereocenters. The van der Waals surface area contributed by atoms with Crippen LogP contribution in [0.4, 0.5) is 0 Å². The fourth-order valence-electron chi connectivity index (χ4n) is 1.72. The summed E-state index contributed by atoms with van der Waals surface area (Å²) in [5.41, 5.74) is 8.12. The van der Waals surface area contributed by atoms with Crippen LogP contribution < -0.4 is 5.32 Å². The van der Waals surface area contributed by atoms with Gasteiger partial charge < -0.3 is 10.1 Å². The lowest BCUT2D eigenvalue weighted by atomic mass is 9.97. The maximum Gasteiger partial charge on any atom is 0.323 e. The molecule has 0 saturated carbocycles. The zero-order chi connectivity index (χ0) is 13.1. The first-order valence-electron chi connectivity index (χ1n) is 5.99. The Labute approximate surface area is 102 Å². The second-order valence-electron chi connectivity index (χ2n) is 4.03. The Kier molecular flexibility index (Phi) is 9.19. The number of rotatable bonds is 9. The van der Waals surface area contributed by atoms with Crippen molar-refractivity contribution in [2.75, 3.05) is 20.2 Å². The number of nitrogens with one attached hydrogen (secondary N) is 1. The van der Waals surface area contributed by atoms with E-state index < -0.39 is 0 Å². The van der Waals surface area contributed by atoms with Crippen molar-refractivity contribution in [3.8, 4) is 0 Å². The van der Waals surface area contributed by atoms with Gasteiger partial charge in [-0.05, 0) is 30.8 Å². The van der Waals surface area contributed by atoms with Crippen molar-refractivity contribution in [2.24, 2.45) is 11.0 Å². The van der Waals surface area contributed by atoms with Gasteiger partial charge in [-0.25, -0.2) is 0 Å². The summed E-state index contributed by atoms with van der Waals surface area (Å²) in [6, 6.07) is -0.272. The molecule has 0 radical (unpaired) electrons. The van der Waals surface area contributed by atoms with E-state index in [4.69, 9.17) is 10.3 Å². The molecular formula is C11H22N4O2. The second-order valence-corrected chi connectivity index (χ2v) is 4.03. The summed E-state index contributed by atoms with van der Waals surface area (Å²) in [7, 11) is 1.40. The van der Waals surface area contributed by atoms with Crippen molar-refractivity contribution in [3.05, 3.63) is 10.4 Å². The van der Waals surface area contributed by atoms with Gasteiger partial charge in [0.25, 0.3) is 0 Å². The third-order valence-electron chi connectivity index (χ3n) is 2.63. The largest absolute Gasteiger partial charge is 0.468 e. The van der Waals surface area contributed by atoms with Gasteiger partial charge in [0.15, 0.2) is 0 Å².